The molecule has 0 bridgehead atoms. The largest absolute Gasteiger partial charge is 0.351 e. The van der Waals surface area contributed by atoms with Crippen LogP contribution in [0.15, 0.2) is 6.20 Å². The van der Waals surface area contributed by atoms with Gasteiger partial charge in [0.05, 0.1) is 6.20 Å². The number of aromatic nitrogens is 2. The highest BCUT2D eigenvalue weighted by Crippen LogP contribution is 2.20. The Labute approximate surface area is 112 Å². The summed E-state index contributed by atoms with van der Waals surface area (Å²) < 4.78 is 13.6. The van der Waals surface area contributed by atoms with Crippen LogP contribution in [0.4, 0.5) is 10.2 Å². The quantitative estimate of drug-likeness (QED) is 0.790. The number of piperazine rings is 1. The van der Waals surface area contributed by atoms with Crippen LogP contribution >= 0.6 is 11.6 Å². The molecule has 2 rings (SSSR count). The molecule has 0 saturated carbocycles. The van der Waals surface area contributed by atoms with Crippen molar-refractivity contribution in [1.82, 2.24) is 14.9 Å². The first kappa shape index (κ1) is 13.5. The molecule has 4 nitrogen and oxygen atoms in total. The van der Waals surface area contributed by atoms with E-state index in [1.54, 1.807) is 0 Å². The Balaban J connectivity index is 2.03. The fraction of sp³-hybridized carbons (Fsp3) is 0.667. The van der Waals surface area contributed by atoms with E-state index in [0.29, 0.717) is 11.9 Å². The van der Waals surface area contributed by atoms with Gasteiger partial charge in [-0.2, -0.15) is 4.98 Å². The first-order valence-electron chi connectivity index (χ1n) is 6.29. The van der Waals surface area contributed by atoms with Crippen molar-refractivity contribution in [3.05, 3.63) is 17.3 Å². The first-order valence-corrected chi connectivity index (χ1v) is 6.66. The van der Waals surface area contributed by atoms with Gasteiger partial charge < -0.3 is 4.90 Å². The van der Waals surface area contributed by atoms with E-state index in [0.717, 1.165) is 38.8 Å². The highest BCUT2D eigenvalue weighted by atomic mass is 35.5. The van der Waals surface area contributed by atoms with Gasteiger partial charge in [0, 0.05) is 32.2 Å². The van der Waals surface area contributed by atoms with Crippen LogP contribution in [0, 0.1) is 5.82 Å². The van der Waals surface area contributed by atoms with Crippen molar-refractivity contribution >= 4 is 17.4 Å². The van der Waals surface area contributed by atoms with Crippen molar-refractivity contribution in [2.24, 2.45) is 0 Å². The molecular formula is C12H18ClFN4. The van der Waals surface area contributed by atoms with Crippen LogP contribution in [-0.2, 0) is 0 Å². The summed E-state index contributed by atoms with van der Waals surface area (Å²) in [5, 5.41) is 0.0933. The lowest BCUT2D eigenvalue weighted by atomic mass is 10.2. The average Bonchev–Trinajstić information content (AvgIpc) is 2.41. The summed E-state index contributed by atoms with van der Waals surface area (Å²) in [5.74, 6) is -0.0878. The minimum absolute atomic E-state index is 0.0933. The van der Waals surface area contributed by atoms with E-state index in [9.17, 15) is 4.39 Å². The van der Waals surface area contributed by atoms with Gasteiger partial charge in [0.1, 0.15) is 0 Å². The highest BCUT2D eigenvalue weighted by Gasteiger charge is 2.23. The predicted octanol–water partition coefficient (Wildman–Crippen LogP) is 2.19. The van der Waals surface area contributed by atoms with E-state index in [-0.39, 0.29) is 5.28 Å². The summed E-state index contributed by atoms with van der Waals surface area (Å²) in [6.07, 6.45) is 2.26. The summed E-state index contributed by atoms with van der Waals surface area (Å²) in [6, 6.07) is 0.575. The molecule has 2 heterocycles. The zero-order valence-corrected chi connectivity index (χ0v) is 11.5. The van der Waals surface area contributed by atoms with Crippen molar-refractivity contribution in [1.29, 1.82) is 0 Å². The molecule has 1 fully saturated rings. The van der Waals surface area contributed by atoms with Gasteiger partial charge in [0.25, 0.3) is 0 Å². The molecule has 0 amide bonds. The number of anilines is 1. The van der Waals surface area contributed by atoms with Crippen molar-refractivity contribution in [2.75, 3.05) is 31.1 Å². The van der Waals surface area contributed by atoms with Crippen molar-refractivity contribution in [2.45, 2.75) is 26.3 Å². The second kappa shape index (κ2) is 5.80. The number of hydrogen-bond acceptors (Lipinski definition) is 4. The number of rotatable bonds is 3. The highest BCUT2D eigenvalue weighted by molar-refractivity contribution is 6.28. The Morgan fingerprint density at radius 3 is 2.67 bits per heavy atom. The lowest BCUT2D eigenvalue weighted by Gasteiger charge is -2.38. The molecule has 1 aromatic rings. The van der Waals surface area contributed by atoms with Gasteiger partial charge in [-0.15, -0.1) is 0 Å². The van der Waals surface area contributed by atoms with Crippen LogP contribution in [0.3, 0.4) is 0 Å². The van der Waals surface area contributed by atoms with Crippen LogP contribution in [0.1, 0.15) is 20.3 Å². The molecule has 6 heteroatoms. The summed E-state index contributed by atoms with van der Waals surface area (Å²) >= 11 is 5.71. The number of nitrogens with zero attached hydrogens (tertiary/aromatic N) is 4. The van der Waals surface area contributed by atoms with E-state index in [1.165, 1.54) is 0 Å². The molecule has 1 atom stereocenters. The predicted molar refractivity (Wildman–Crippen MR) is 70.5 cm³/mol. The Kier molecular flexibility index (Phi) is 4.35. The topological polar surface area (TPSA) is 32.3 Å². The summed E-state index contributed by atoms with van der Waals surface area (Å²) in [6.45, 7) is 7.80. The minimum Gasteiger partial charge on any atom is -0.351 e. The third kappa shape index (κ3) is 2.90. The van der Waals surface area contributed by atoms with Crippen molar-refractivity contribution in [3.63, 3.8) is 0 Å². The molecule has 0 spiro atoms. The maximum absolute atomic E-state index is 13.6. The lowest BCUT2D eigenvalue weighted by molar-refractivity contribution is 0.192. The Morgan fingerprint density at radius 2 is 2.06 bits per heavy atom. The molecule has 0 aliphatic carbocycles. The molecule has 1 aromatic heterocycles. The van der Waals surface area contributed by atoms with Crippen LogP contribution in [-0.4, -0.2) is 47.1 Å². The minimum atomic E-state index is -0.406. The second-order valence-corrected chi connectivity index (χ2v) is 4.93. The van der Waals surface area contributed by atoms with Crippen molar-refractivity contribution in [3.8, 4) is 0 Å². The standard InChI is InChI=1S/C12H18ClFN4/c1-3-9(2)17-4-6-18(7-5-17)11-10(14)8-15-12(13)16-11/h8-9H,3-7H2,1-2H3. The van der Waals surface area contributed by atoms with Crippen LogP contribution in [0.25, 0.3) is 0 Å². The van der Waals surface area contributed by atoms with E-state index < -0.39 is 5.82 Å². The molecule has 1 unspecified atom stereocenters. The molecule has 1 aliphatic heterocycles. The molecular weight excluding hydrogens is 255 g/mol. The van der Waals surface area contributed by atoms with Gasteiger partial charge in [-0.25, -0.2) is 9.37 Å². The van der Waals surface area contributed by atoms with E-state index in [4.69, 9.17) is 11.6 Å². The third-order valence-corrected chi connectivity index (χ3v) is 3.71. The number of halogens is 2. The summed E-state index contributed by atoms with van der Waals surface area (Å²) in [7, 11) is 0. The first-order chi connectivity index (χ1) is 8.61. The third-order valence-electron chi connectivity index (χ3n) is 3.52. The molecule has 18 heavy (non-hydrogen) atoms. The van der Waals surface area contributed by atoms with Crippen LogP contribution in [0.5, 0.6) is 0 Å². The molecule has 0 N–H and O–H groups in total. The van der Waals surface area contributed by atoms with E-state index in [2.05, 4.69) is 28.7 Å². The van der Waals surface area contributed by atoms with Gasteiger partial charge in [-0.3, -0.25) is 4.90 Å². The van der Waals surface area contributed by atoms with E-state index in [1.807, 2.05) is 4.90 Å². The molecule has 1 aliphatic rings. The summed E-state index contributed by atoms with van der Waals surface area (Å²) in [4.78, 5) is 12.0. The molecule has 100 valence electrons. The van der Waals surface area contributed by atoms with Gasteiger partial charge in [-0.1, -0.05) is 6.92 Å². The van der Waals surface area contributed by atoms with Crippen LogP contribution < -0.4 is 4.90 Å². The number of hydrogen-bond donors (Lipinski definition) is 0. The van der Waals surface area contributed by atoms with Gasteiger partial charge in [0.2, 0.25) is 5.28 Å². The maximum atomic E-state index is 13.6. The van der Waals surface area contributed by atoms with Gasteiger partial charge in [-0.05, 0) is 24.9 Å². The van der Waals surface area contributed by atoms with Gasteiger partial charge >= 0.3 is 0 Å². The van der Waals surface area contributed by atoms with E-state index >= 15 is 0 Å². The fourth-order valence-corrected chi connectivity index (χ4v) is 2.32. The zero-order valence-electron chi connectivity index (χ0n) is 10.7. The SMILES string of the molecule is CCC(C)N1CCN(c2nc(Cl)ncc2F)CC1. The fourth-order valence-electron chi connectivity index (χ4n) is 2.19. The molecule has 0 aromatic carbocycles. The lowest BCUT2D eigenvalue weighted by Crippen LogP contribution is -2.50. The normalized spacial score (nSPS) is 19.0. The van der Waals surface area contributed by atoms with Crippen molar-refractivity contribution < 1.29 is 4.39 Å². The smallest absolute Gasteiger partial charge is 0.224 e. The Morgan fingerprint density at radius 1 is 1.39 bits per heavy atom. The summed E-state index contributed by atoms with van der Waals surface area (Å²) in [5.41, 5.74) is 0. The van der Waals surface area contributed by atoms with Gasteiger partial charge in [0.15, 0.2) is 11.6 Å². The monoisotopic (exact) mass is 272 g/mol. The Bertz CT molecular complexity index is 407. The second-order valence-electron chi connectivity index (χ2n) is 4.59. The zero-order chi connectivity index (χ0) is 13.1. The Hall–Kier alpha value is -0.940. The molecule has 0 radical (unpaired) electrons. The average molecular weight is 273 g/mol. The van der Waals surface area contributed by atoms with Crippen LogP contribution in [0.2, 0.25) is 5.28 Å². The molecule has 1 saturated heterocycles. The maximum Gasteiger partial charge on any atom is 0.224 e.